The van der Waals surface area contributed by atoms with Crippen LogP contribution in [0.1, 0.15) is 32.8 Å². The molecule has 0 radical (unpaired) electrons. The molecule has 1 amide bonds. The van der Waals surface area contributed by atoms with Crippen molar-refractivity contribution in [3.05, 3.63) is 29.6 Å². The molecule has 0 aromatic heterocycles. The number of rotatable bonds is 3. The average molecular weight is 267 g/mol. The highest BCUT2D eigenvalue weighted by Gasteiger charge is 2.17. The average Bonchev–Trinajstić information content (AvgIpc) is 2.28. The third kappa shape index (κ3) is 4.57. The number of nitrogens with two attached hydrogens (primary N) is 1. The van der Waals surface area contributed by atoms with E-state index in [2.05, 4.69) is 10.5 Å². The maximum Gasteiger partial charge on any atom is 0.224 e. The summed E-state index contributed by atoms with van der Waals surface area (Å²) < 4.78 is 13.1. The number of nitrogens with zero attached hydrogens (tertiary/aromatic N) is 1. The molecule has 19 heavy (non-hydrogen) atoms. The Hall–Kier alpha value is -2.11. The molecule has 0 aliphatic rings. The Balaban J connectivity index is 2.98. The van der Waals surface area contributed by atoms with Gasteiger partial charge in [0.1, 0.15) is 5.82 Å². The molecule has 4 N–H and O–H groups in total. The van der Waals surface area contributed by atoms with Crippen molar-refractivity contribution < 1.29 is 14.4 Å². The van der Waals surface area contributed by atoms with Gasteiger partial charge in [0.05, 0.1) is 5.69 Å². The number of carbonyl (C=O) groups is 1. The second kappa shape index (κ2) is 5.69. The molecule has 0 saturated heterocycles. The molecule has 0 aliphatic heterocycles. The van der Waals surface area contributed by atoms with E-state index in [1.165, 1.54) is 12.1 Å². The normalized spacial score (nSPS) is 12.3. The lowest BCUT2D eigenvalue weighted by Gasteiger charge is -2.18. The molecule has 0 aliphatic carbocycles. The Morgan fingerprint density at radius 1 is 1.47 bits per heavy atom. The van der Waals surface area contributed by atoms with E-state index in [1.807, 2.05) is 20.8 Å². The third-order valence-corrected chi connectivity index (χ3v) is 2.33. The summed E-state index contributed by atoms with van der Waals surface area (Å²) in [5.74, 6) is -1.01. The number of hydrogen-bond acceptors (Lipinski definition) is 3. The molecule has 104 valence electrons. The molecule has 1 aromatic rings. The van der Waals surface area contributed by atoms with Gasteiger partial charge in [0, 0.05) is 12.0 Å². The summed E-state index contributed by atoms with van der Waals surface area (Å²) in [5, 5.41) is 14.1. The number of hydrogen-bond donors (Lipinski definition) is 3. The van der Waals surface area contributed by atoms with E-state index in [0.29, 0.717) is 12.1 Å². The van der Waals surface area contributed by atoms with Gasteiger partial charge in [-0.2, -0.15) is 0 Å². The minimum atomic E-state index is -0.532. The fraction of sp³-hybridized carbons (Fsp3) is 0.385. The van der Waals surface area contributed by atoms with E-state index in [-0.39, 0.29) is 22.7 Å². The molecule has 0 heterocycles. The smallest absolute Gasteiger partial charge is 0.224 e. The Morgan fingerprint density at radius 2 is 2.11 bits per heavy atom. The number of benzene rings is 1. The number of nitrogens with one attached hydrogen (secondary N) is 1. The SMILES string of the molecule is CC(C)(C)CC(=O)Nc1ccc(F)cc1/C(N)=N/O. The summed E-state index contributed by atoms with van der Waals surface area (Å²) >= 11 is 0. The molecule has 0 unspecified atom stereocenters. The van der Waals surface area contributed by atoms with E-state index in [1.54, 1.807) is 0 Å². The molecule has 0 bridgehead atoms. The first-order chi connectivity index (χ1) is 8.73. The zero-order valence-electron chi connectivity index (χ0n) is 11.2. The lowest BCUT2D eigenvalue weighted by Crippen LogP contribution is -2.22. The van der Waals surface area contributed by atoms with Crippen LogP contribution >= 0.6 is 0 Å². The van der Waals surface area contributed by atoms with Crippen molar-refractivity contribution in [2.75, 3.05) is 5.32 Å². The van der Waals surface area contributed by atoms with E-state index in [9.17, 15) is 9.18 Å². The first-order valence-electron chi connectivity index (χ1n) is 5.80. The lowest BCUT2D eigenvalue weighted by atomic mass is 9.92. The number of oxime groups is 1. The second-order valence-corrected chi connectivity index (χ2v) is 5.46. The van der Waals surface area contributed by atoms with Crippen molar-refractivity contribution in [3.63, 3.8) is 0 Å². The number of halogens is 1. The molecule has 1 rings (SSSR count). The first kappa shape index (κ1) is 14.9. The van der Waals surface area contributed by atoms with Crippen LogP contribution in [0.3, 0.4) is 0 Å². The maximum absolute atomic E-state index is 13.1. The van der Waals surface area contributed by atoms with E-state index < -0.39 is 5.82 Å². The molecule has 0 spiro atoms. The van der Waals surface area contributed by atoms with Gasteiger partial charge in [-0.15, -0.1) is 0 Å². The fourth-order valence-electron chi connectivity index (χ4n) is 1.57. The van der Waals surface area contributed by atoms with Gasteiger partial charge in [-0.25, -0.2) is 4.39 Å². The summed E-state index contributed by atoms with van der Waals surface area (Å²) in [6, 6.07) is 3.67. The van der Waals surface area contributed by atoms with Crippen molar-refractivity contribution in [1.29, 1.82) is 0 Å². The molecule has 1 aromatic carbocycles. The topological polar surface area (TPSA) is 87.7 Å². The highest BCUT2D eigenvalue weighted by atomic mass is 19.1. The van der Waals surface area contributed by atoms with Crippen LogP contribution in [0.5, 0.6) is 0 Å². The molecule has 5 nitrogen and oxygen atoms in total. The van der Waals surface area contributed by atoms with Crippen LogP contribution in [0.4, 0.5) is 10.1 Å². The summed E-state index contributed by atoms with van der Waals surface area (Å²) in [4.78, 5) is 11.8. The predicted octanol–water partition coefficient (Wildman–Crippen LogP) is 2.29. The van der Waals surface area contributed by atoms with Crippen molar-refractivity contribution in [2.24, 2.45) is 16.3 Å². The Labute approximate surface area is 111 Å². The van der Waals surface area contributed by atoms with Crippen LogP contribution in [0.25, 0.3) is 0 Å². The third-order valence-electron chi connectivity index (χ3n) is 2.33. The highest BCUT2D eigenvalue weighted by molar-refractivity contribution is 6.05. The Kier molecular flexibility index (Phi) is 4.47. The number of amidine groups is 1. The summed E-state index contributed by atoms with van der Waals surface area (Å²) in [6.07, 6.45) is 0.306. The van der Waals surface area contributed by atoms with Crippen LogP contribution in [0.15, 0.2) is 23.4 Å². The largest absolute Gasteiger partial charge is 0.409 e. The van der Waals surface area contributed by atoms with Gasteiger partial charge < -0.3 is 16.3 Å². The van der Waals surface area contributed by atoms with Crippen LogP contribution in [-0.4, -0.2) is 17.0 Å². The number of anilines is 1. The molecule has 6 heteroatoms. The van der Waals surface area contributed by atoms with Crippen LogP contribution in [-0.2, 0) is 4.79 Å². The van der Waals surface area contributed by atoms with Gasteiger partial charge in [0.15, 0.2) is 5.84 Å². The van der Waals surface area contributed by atoms with Crippen molar-refractivity contribution in [3.8, 4) is 0 Å². The Bertz CT molecular complexity index is 507. The van der Waals surface area contributed by atoms with Crippen LogP contribution in [0, 0.1) is 11.2 Å². The van der Waals surface area contributed by atoms with Crippen LogP contribution in [0.2, 0.25) is 0 Å². The van der Waals surface area contributed by atoms with E-state index in [0.717, 1.165) is 6.07 Å². The molecular weight excluding hydrogens is 249 g/mol. The summed E-state index contributed by atoms with van der Waals surface area (Å²) in [7, 11) is 0. The highest BCUT2D eigenvalue weighted by Crippen LogP contribution is 2.21. The van der Waals surface area contributed by atoms with E-state index in [4.69, 9.17) is 10.9 Å². The monoisotopic (exact) mass is 267 g/mol. The lowest BCUT2D eigenvalue weighted by molar-refractivity contribution is -0.117. The zero-order chi connectivity index (χ0) is 14.6. The molecule has 0 saturated carbocycles. The molecular formula is C13H18FN3O2. The van der Waals surface area contributed by atoms with E-state index >= 15 is 0 Å². The number of carbonyl (C=O) groups excluding carboxylic acids is 1. The quantitative estimate of drug-likeness (QED) is 0.340. The molecule has 0 atom stereocenters. The van der Waals surface area contributed by atoms with Crippen molar-refractivity contribution >= 4 is 17.4 Å². The fourth-order valence-corrected chi connectivity index (χ4v) is 1.57. The predicted molar refractivity (Wildman–Crippen MR) is 71.6 cm³/mol. The van der Waals surface area contributed by atoms with Gasteiger partial charge in [-0.1, -0.05) is 25.9 Å². The number of amides is 1. The minimum Gasteiger partial charge on any atom is -0.409 e. The standard InChI is InChI=1S/C13H18FN3O2/c1-13(2,3)7-11(18)16-10-5-4-8(14)6-9(10)12(15)17-19/h4-6,19H,7H2,1-3H3,(H2,15,17)(H,16,18). The second-order valence-electron chi connectivity index (χ2n) is 5.46. The van der Waals surface area contributed by atoms with Crippen molar-refractivity contribution in [1.82, 2.24) is 0 Å². The zero-order valence-corrected chi connectivity index (χ0v) is 11.2. The van der Waals surface area contributed by atoms with Crippen molar-refractivity contribution in [2.45, 2.75) is 27.2 Å². The first-order valence-corrected chi connectivity index (χ1v) is 5.80. The van der Waals surface area contributed by atoms with Gasteiger partial charge in [-0.3, -0.25) is 4.79 Å². The van der Waals surface area contributed by atoms with Gasteiger partial charge in [-0.05, 0) is 23.6 Å². The maximum atomic E-state index is 13.1. The molecule has 0 fully saturated rings. The van der Waals surface area contributed by atoms with Gasteiger partial charge in [0.2, 0.25) is 5.91 Å². The van der Waals surface area contributed by atoms with Gasteiger partial charge in [0.25, 0.3) is 0 Å². The minimum absolute atomic E-state index is 0.143. The summed E-state index contributed by atoms with van der Waals surface area (Å²) in [5.41, 5.74) is 5.74. The van der Waals surface area contributed by atoms with Crippen LogP contribution < -0.4 is 11.1 Å². The summed E-state index contributed by atoms with van der Waals surface area (Å²) in [6.45, 7) is 5.80. The Morgan fingerprint density at radius 3 is 2.63 bits per heavy atom. The van der Waals surface area contributed by atoms with Gasteiger partial charge >= 0.3 is 0 Å².